The van der Waals surface area contributed by atoms with E-state index < -0.39 is 11.7 Å². The standard InChI is InChI=1S/C19H22F3N3O2/c1-14(17-6-3-11-27-17)23-13-18(26)25-9-7-24(8-10-25)16-5-2-4-15(12-16)19(20,21)22/h2-6,11-12,14,23H,7-10,13H2,1H3/t14-/m0/s1. The molecule has 1 amide bonds. The minimum absolute atomic E-state index is 0.0305. The van der Waals surface area contributed by atoms with Gasteiger partial charge in [0.1, 0.15) is 5.76 Å². The molecule has 1 saturated heterocycles. The average molecular weight is 381 g/mol. The third-order valence-corrected chi connectivity index (χ3v) is 4.70. The van der Waals surface area contributed by atoms with Crippen LogP contribution in [0.3, 0.4) is 0 Å². The molecule has 0 saturated carbocycles. The van der Waals surface area contributed by atoms with E-state index in [1.54, 1.807) is 23.3 Å². The summed E-state index contributed by atoms with van der Waals surface area (Å²) in [5.41, 5.74) is -0.129. The summed E-state index contributed by atoms with van der Waals surface area (Å²) in [6.45, 7) is 4.06. The Morgan fingerprint density at radius 3 is 2.56 bits per heavy atom. The number of furan rings is 1. The van der Waals surface area contributed by atoms with E-state index in [1.165, 1.54) is 6.07 Å². The van der Waals surface area contributed by atoms with E-state index in [2.05, 4.69) is 5.32 Å². The van der Waals surface area contributed by atoms with Crippen LogP contribution in [0.1, 0.15) is 24.3 Å². The highest BCUT2D eigenvalue weighted by Crippen LogP contribution is 2.31. The summed E-state index contributed by atoms with van der Waals surface area (Å²) < 4.78 is 43.9. The average Bonchev–Trinajstić information content (AvgIpc) is 3.20. The van der Waals surface area contributed by atoms with Gasteiger partial charge in [-0.05, 0) is 37.3 Å². The third-order valence-electron chi connectivity index (χ3n) is 4.70. The molecule has 2 heterocycles. The molecule has 8 heteroatoms. The first-order valence-corrected chi connectivity index (χ1v) is 8.81. The topological polar surface area (TPSA) is 48.7 Å². The highest BCUT2D eigenvalue weighted by Gasteiger charge is 2.31. The third kappa shape index (κ3) is 4.82. The van der Waals surface area contributed by atoms with Crippen molar-refractivity contribution in [3.63, 3.8) is 0 Å². The number of nitrogens with one attached hydrogen (secondary N) is 1. The molecule has 2 aromatic rings. The van der Waals surface area contributed by atoms with Crippen molar-refractivity contribution in [1.82, 2.24) is 10.2 Å². The maximum absolute atomic E-state index is 12.9. The van der Waals surface area contributed by atoms with E-state index in [0.717, 1.165) is 17.9 Å². The highest BCUT2D eigenvalue weighted by atomic mass is 19.4. The molecule has 0 unspecified atom stereocenters. The van der Waals surface area contributed by atoms with Gasteiger partial charge in [-0.1, -0.05) is 6.07 Å². The molecule has 5 nitrogen and oxygen atoms in total. The van der Waals surface area contributed by atoms with Gasteiger partial charge in [0.2, 0.25) is 5.91 Å². The fourth-order valence-electron chi connectivity index (χ4n) is 3.08. The van der Waals surface area contributed by atoms with Crippen LogP contribution in [0, 0.1) is 0 Å². The van der Waals surface area contributed by atoms with Crippen LogP contribution >= 0.6 is 0 Å². The second kappa shape index (κ2) is 8.04. The van der Waals surface area contributed by atoms with Gasteiger partial charge in [-0.25, -0.2) is 0 Å². The van der Waals surface area contributed by atoms with Crippen molar-refractivity contribution >= 4 is 11.6 Å². The number of benzene rings is 1. The van der Waals surface area contributed by atoms with Crippen LogP contribution in [-0.2, 0) is 11.0 Å². The van der Waals surface area contributed by atoms with Crippen LogP contribution in [0.5, 0.6) is 0 Å². The molecular weight excluding hydrogens is 359 g/mol. The number of hydrogen-bond donors (Lipinski definition) is 1. The Morgan fingerprint density at radius 2 is 1.93 bits per heavy atom. The predicted molar refractivity (Wildman–Crippen MR) is 95.4 cm³/mol. The van der Waals surface area contributed by atoms with Crippen LogP contribution in [0.2, 0.25) is 0 Å². The zero-order valence-corrected chi connectivity index (χ0v) is 15.0. The number of hydrogen-bond acceptors (Lipinski definition) is 4. The Morgan fingerprint density at radius 1 is 1.19 bits per heavy atom. The Bertz CT molecular complexity index is 754. The van der Waals surface area contributed by atoms with Gasteiger partial charge in [0.25, 0.3) is 0 Å². The highest BCUT2D eigenvalue weighted by molar-refractivity contribution is 5.78. The first-order valence-electron chi connectivity index (χ1n) is 8.81. The first kappa shape index (κ1) is 19.3. The van der Waals surface area contributed by atoms with Crippen LogP contribution in [0.4, 0.5) is 18.9 Å². The van der Waals surface area contributed by atoms with Crippen molar-refractivity contribution in [2.75, 3.05) is 37.6 Å². The number of nitrogens with zero attached hydrogens (tertiary/aromatic N) is 2. The smallest absolute Gasteiger partial charge is 0.416 e. The quantitative estimate of drug-likeness (QED) is 0.864. The monoisotopic (exact) mass is 381 g/mol. The second-order valence-corrected chi connectivity index (χ2v) is 6.53. The van der Waals surface area contributed by atoms with Gasteiger partial charge in [-0.2, -0.15) is 13.2 Å². The van der Waals surface area contributed by atoms with Crippen LogP contribution < -0.4 is 10.2 Å². The number of piperazine rings is 1. The van der Waals surface area contributed by atoms with Crippen LogP contribution in [0.15, 0.2) is 47.1 Å². The fraction of sp³-hybridized carbons (Fsp3) is 0.421. The molecule has 1 fully saturated rings. The molecule has 0 aliphatic carbocycles. The Hall–Kier alpha value is -2.48. The van der Waals surface area contributed by atoms with Crippen molar-refractivity contribution in [2.45, 2.75) is 19.1 Å². The van der Waals surface area contributed by atoms with Gasteiger partial charge >= 0.3 is 6.18 Å². The largest absolute Gasteiger partial charge is 0.468 e. The van der Waals surface area contributed by atoms with Gasteiger partial charge in [0, 0.05) is 31.9 Å². The number of carbonyl (C=O) groups excluding carboxylic acids is 1. The molecule has 0 spiro atoms. The molecule has 1 N–H and O–H groups in total. The maximum atomic E-state index is 12.9. The minimum Gasteiger partial charge on any atom is -0.468 e. The fourth-order valence-corrected chi connectivity index (χ4v) is 3.08. The van der Waals surface area contributed by atoms with Crippen molar-refractivity contribution in [2.24, 2.45) is 0 Å². The van der Waals surface area contributed by atoms with Gasteiger partial charge in [0.05, 0.1) is 24.4 Å². The molecule has 0 radical (unpaired) electrons. The SMILES string of the molecule is C[C@H](NCC(=O)N1CCN(c2cccc(C(F)(F)F)c2)CC1)c1ccco1. The molecular formula is C19H22F3N3O2. The Balaban J connectivity index is 1.50. The summed E-state index contributed by atoms with van der Waals surface area (Å²) in [5.74, 6) is 0.731. The molecule has 1 aromatic heterocycles. The molecule has 1 atom stereocenters. The Kier molecular flexibility index (Phi) is 5.74. The molecule has 27 heavy (non-hydrogen) atoms. The zero-order valence-electron chi connectivity index (χ0n) is 15.0. The van der Waals surface area contributed by atoms with E-state index in [-0.39, 0.29) is 18.5 Å². The summed E-state index contributed by atoms with van der Waals surface area (Å²) in [4.78, 5) is 16.0. The van der Waals surface area contributed by atoms with Crippen molar-refractivity contribution in [1.29, 1.82) is 0 Å². The summed E-state index contributed by atoms with van der Waals surface area (Å²) >= 11 is 0. The molecule has 1 aromatic carbocycles. The second-order valence-electron chi connectivity index (χ2n) is 6.53. The zero-order chi connectivity index (χ0) is 19.4. The van der Waals surface area contributed by atoms with Gasteiger partial charge in [0.15, 0.2) is 0 Å². The molecule has 146 valence electrons. The minimum atomic E-state index is -4.36. The molecule has 1 aliphatic rings. The lowest BCUT2D eigenvalue weighted by Crippen LogP contribution is -2.51. The predicted octanol–water partition coefficient (Wildman–Crippen LogP) is 3.30. The number of amides is 1. The first-order chi connectivity index (χ1) is 12.8. The normalized spacial score (nSPS) is 16.4. The molecule has 3 rings (SSSR count). The maximum Gasteiger partial charge on any atom is 0.416 e. The number of anilines is 1. The van der Waals surface area contributed by atoms with Crippen molar-refractivity contribution in [3.05, 3.63) is 54.0 Å². The van der Waals surface area contributed by atoms with Gasteiger partial charge in [-0.15, -0.1) is 0 Å². The van der Waals surface area contributed by atoms with E-state index in [1.807, 2.05) is 17.9 Å². The summed E-state index contributed by atoms with van der Waals surface area (Å²) in [7, 11) is 0. The summed E-state index contributed by atoms with van der Waals surface area (Å²) in [6, 6.07) is 8.86. The lowest BCUT2D eigenvalue weighted by Gasteiger charge is -2.36. The number of halogens is 3. The number of alkyl halides is 3. The van der Waals surface area contributed by atoms with E-state index >= 15 is 0 Å². The van der Waals surface area contributed by atoms with Gasteiger partial charge in [-0.3, -0.25) is 10.1 Å². The molecule has 0 bridgehead atoms. The van der Waals surface area contributed by atoms with Gasteiger partial charge < -0.3 is 14.2 Å². The number of carbonyl (C=O) groups is 1. The van der Waals surface area contributed by atoms with Crippen molar-refractivity contribution in [3.8, 4) is 0 Å². The van der Waals surface area contributed by atoms with E-state index in [9.17, 15) is 18.0 Å². The summed E-state index contributed by atoms with van der Waals surface area (Å²) in [6.07, 6.45) is -2.77. The molecule has 1 aliphatic heterocycles. The van der Waals surface area contributed by atoms with Crippen LogP contribution in [-0.4, -0.2) is 43.5 Å². The van der Waals surface area contributed by atoms with E-state index in [0.29, 0.717) is 31.9 Å². The van der Waals surface area contributed by atoms with Crippen LogP contribution in [0.25, 0.3) is 0 Å². The van der Waals surface area contributed by atoms with Crippen molar-refractivity contribution < 1.29 is 22.4 Å². The number of rotatable bonds is 5. The summed E-state index contributed by atoms with van der Waals surface area (Å²) in [5, 5.41) is 3.13. The lowest BCUT2D eigenvalue weighted by molar-refractivity contribution is -0.137. The van der Waals surface area contributed by atoms with E-state index in [4.69, 9.17) is 4.42 Å². The lowest BCUT2D eigenvalue weighted by atomic mass is 10.1. The Labute approximate surface area is 155 Å².